The molecule has 1 saturated heterocycles. The Morgan fingerprint density at radius 2 is 2.33 bits per heavy atom. The second kappa shape index (κ2) is 7.85. The number of nitrogens with zero attached hydrogens (tertiary/aromatic N) is 5. The van der Waals surface area contributed by atoms with Crippen LogP contribution < -0.4 is 0 Å². The fourth-order valence-electron chi connectivity index (χ4n) is 3.21. The summed E-state index contributed by atoms with van der Waals surface area (Å²) >= 11 is 1.46. The van der Waals surface area contributed by atoms with E-state index in [0.717, 1.165) is 44.7 Å². The highest BCUT2D eigenvalue weighted by molar-refractivity contribution is 7.07. The molecular formula is C16H23N5O2S. The van der Waals surface area contributed by atoms with Gasteiger partial charge in [-0.15, -0.1) is 11.3 Å². The van der Waals surface area contributed by atoms with E-state index in [0.29, 0.717) is 24.2 Å². The Morgan fingerprint density at radius 1 is 1.46 bits per heavy atom. The van der Waals surface area contributed by atoms with Crippen LogP contribution in [-0.4, -0.2) is 56.5 Å². The molecule has 1 aliphatic rings. The third kappa shape index (κ3) is 3.99. The lowest BCUT2D eigenvalue weighted by molar-refractivity contribution is 0.0751. The first-order chi connectivity index (χ1) is 11.7. The molecule has 0 bridgehead atoms. The molecule has 0 aliphatic carbocycles. The van der Waals surface area contributed by atoms with Crippen molar-refractivity contribution in [1.29, 1.82) is 0 Å². The van der Waals surface area contributed by atoms with E-state index in [1.807, 2.05) is 10.3 Å². The monoisotopic (exact) mass is 349 g/mol. The molecule has 2 aromatic heterocycles. The summed E-state index contributed by atoms with van der Waals surface area (Å²) in [5, 5.41) is 5.82. The molecular weight excluding hydrogens is 326 g/mol. The summed E-state index contributed by atoms with van der Waals surface area (Å²) in [6, 6.07) is 0.432. The lowest BCUT2D eigenvalue weighted by Gasteiger charge is -2.28. The summed E-state index contributed by atoms with van der Waals surface area (Å²) in [6.45, 7) is 7.14. The van der Waals surface area contributed by atoms with E-state index < -0.39 is 0 Å². The van der Waals surface area contributed by atoms with Gasteiger partial charge in [0, 0.05) is 31.4 Å². The molecule has 3 rings (SSSR count). The van der Waals surface area contributed by atoms with E-state index in [4.69, 9.17) is 4.52 Å². The van der Waals surface area contributed by atoms with Gasteiger partial charge in [0.15, 0.2) is 5.82 Å². The highest BCUT2D eigenvalue weighted by Crippen LogP contribution is 2.20. The first kappa shape index (κ1) is 17.0. The summed E-state index contributed by atoms with van der Waals surface area (Å²) in [5.74, 6) is 1.38. The van der Waals surface area contributed by atoms with Crippen LogP contribution >= 0.6 is 11.3 Å². The molecule has 7 nitrogen and oxygen atoms in total. The zero-order valence-electron chi connectivity index (χ0n) is 14.1. The summed E-state index contributed by atoms with van der Waals surface area (Å²) in [6.07, 6.45) is 3.04. The molecule has 0 N–H and O–H groups in total. The van der Waals surface area contributed by atoms with Crippen molar-refractivity contribution < 1.29 is 9.32 Å². The van der Waals surface area contributed by atoms with E-state index in [1.165, 1.54) is 11.3 Å². The van der Waals surface area contributed by atoms with E-state index in [-0.39, 0.29) is 5.91 Å². The molecule has 2 aromatic rings. The number of aryl methyl sites for hydroxylation is 1. The lowest BCUT2D eigenvalue weighted by Crippen LogP contribution is -2.37. The number of amides is 1. The van der Waals surface area contributed by atoms with Gasteiger partial charge in [-0.1, -0.05) is 12.1 Å². The molecule has 24 heavy (non-hydrogen) atoms. The highest BCUT2D eigenvalue weighted by Gasteiger charge is 2.26. The number of aromatic nitrogens is 3. The first-order valence-electron chi connectivity index (χ1n) is 8.38. The largest absolute Gasteiger partial charge is 0.340 e. The van der Waals surface area contributed by atoms with E-state index in [9.17, 15) is 4.79 Å². The van der Waals surface area contributed by atoms with Crippen molar-refractivity contribution >= 4 is 17.2 Å². The number of likely N-dealkylation sites (tertiary alicyclic amines) is 1. The Morgan fingerprint density at radius 3 is 3.00 bits per heavy atom. The Labute approximate surface area is 145 Å². The van der Waals surface area contributed by atoms with Gasteiger partial charge >= 0.3 is 0 Å². The maximum absolute atomic E-state index is 12.5. The zero-order valence-corrected chi connectivity index (χ0v) is 15.0. The lowest BCUT2D eigenvalue weighted by atomic mass is 10.1. The van der Waals surface area contributed by atoms with Crippen molar-refractivity contribution in [1.82, 2.24) is 24.9 Å². The second-order valence-corrected chi connectivity index (χ2v) is 6.76. The minimum Gasteiger partial charge on any atom is -0.340 e. The van der Waals surface area contributed by atoms with Crippen LogP contribution in [0.1, 0.15) is 48.4 Å². The molecule has 1 atom stereocenters. The van der Waals surface area contributed by atoms with Gasteiger partial charge in [-0.05, 0) is 25.8 Å². The van der Waals surface area contributed by atoms with Crippen LogP contribution in [0.25, 0.3) is 0 Å². The van der Waals surface area contributed by atoms with E-state index in [2.05, 4.69) is 26.9 Å². The maximum Gasteiger partial charge on any atom is 0.273 e. The standard InChI is InChI=1S/C16H23N5O2S/c1-3-20(9-15-18-12(2)23-19-15)13-5-4-7-21(8-6-13)16(22)14-10-24-11-17-14/h10-11,13H,3-9H2,1-2H3. The number of carbonyl (C=O) groups is 1. The van der Waals surface area contributed by atoms with Gasteiger partial charge in [0.1, 0.15) is 5.69 Å². The number of hydrogen-bond acceptors (Lipinski definition) is 7. The van der Waals surface area contributed by atoms with Crippen LogP contribution in [0.15, 0.2) is 15.4 Å². The van der Waals surface area contributed by atoms with Gasteiger partial charge in [-0.2, -0.15) is 4.98 Å². The van der Waals surface area contributed by atoms with Crippen molar-refractivity contribution in [3.63, 3.8) is 0 Å². The van der Waals surface area contributed by atoms with Crippen LogP contribution in [0, 0.1) is 6.92 Å². The van der Waals surface area contributed by atoms with Crippen molar-refractivity contribution in [2.24, 2.45) is 0 Å². The van der Waals surface area contributed by atoms with Gasteiger partial charge in [-0.3, -0.25) is 9.69 Å². The Balaban J connectivity index is 1.60. The summed E-state index contributed by atoms with van der Waals surface area (Å²) in [4.78, 5) is 25.2. The molecule has 1 unspecified atom stereocenters. The summed E-state index contributed by atoms with van der Waals surface area (Å²) in [7, 11) is 0. The molecule has 8 heteroatoms. The van der Waals surface area contributed by atoms with Gasteiger partial charge in [0.2, 0.25) is 5.89 Å². The topological polar surface area (TPSA) is 75.4 Å². The number of rotatable bonds is 5. The predicted molar refractivity (Wildman–Crippen MR) is 90.8 cm³/mol. The minimum absolute atomic E-state index is 0.0498. The van der Waals surface area contributed by atoms with Gasteiger partial charge < -0.3 is 9.42 Å². The average molecular weight is 349 g/mol. The third-order valence-corrected chi connectivity index (χ3v) is 5.06. The fourth-order valence-corrected chi connectivity index (χ4v) is 3.74. The van der Waals surface area contributed by atoms with Crippen molar-refractivity contribution in [3.05, 3.63) is 28.3 Å². The quantitative estimate of drug-likeness (QED) is 0.825. The Kier molecular flexibility index (Phi) is 5.57. The van der Waals surface area contributed by atoms with E-state index >= 15 is 0 Å². The van der Waals surface area contributed by atoms with Crippen LogP contribution in [0.3, 0.4) is 0 Å². The average Bonchev–Trinajstić information content (AvgIpc) is 3.19. The molecule has 0 spiro atoms. The van der Waals surface area contributed by atoms with Crippen LogP contribution in [-0.2, 0) is 6.54 Å². The van der Waals surface area contributed by atoms with Crippen LogP contribution in [0.2, 0.25) is 0 Å². The second-order valence-electron chi connectivity index (χ2n) is 6.04. The smallest absolute Gasteiger partial charge is 0.273 e. The van der Waals surface area contributed by atoms with Gasteiger partial charge in [-0.25, -0.2) is 4.98 Å². The maximum atomic E-state index is 12.5. The number of hydrogen-bond donors (Lipinski definition) is 0. The van der Waals surface area contributed by atoms with Crippen molar-refractivity contribution in [2.75, 3.05) is 19.6 Å². The van der Waals surface area contributed by atoms with E-state index in [1.54, 1.807) is 12.4 Å². The molecule has 3 heterocycles. The van der Waals surface area contributed by atoms with Gasteiger partial charge in [0.05, 0.1) is 12.1 Å². The molecule has 1 amide bonds. The third-order valence-electron chi connectivity index (χ3n) is 4.47. The van der Waals surface area contributed by atoms with Gasteiger partial charge in [0.25, 0.3) is 5.91 Å². The summed E-state index contributed by atoms with van der Waals surface area (Å²) in [5.41, 5.74) is 2.27. The first-order valence-corrected chi connectivity index (χ1v) is 9.32. The summed E-state index contributed by atoms with van der Waals surface area (Å²) < 4.78 is 5.07. The highest BCUT2D eigenvalue weighted by atomic mass is 32.1. The molecule has 0 saturated carbocycles. The SMILES string of the molecule is CCN(Cc1noc(C)n1)C1CCCN(C(=O)c2cscn2)CC1. The van der Waals surface area contributed by atoms with Crippen molar-refractivity contribution in [2.45, 2.75) is 45.7 Å². The minimum atomic E-state index is 0.0498. The number of thiazole rings is 1. The fraction of sp³-hybridized carbons (Fsp3) is 0.625. The van der Waals surface area contributed by atoms with Crippen LogP contribution in [0.4, 0.5) is 0 Å². The molecule has 1 aliphatic heterocycles. The van der Waals surface area contributed by atoms with Crippen LogP contribution in [0.5, 0.6) is 0 Å². The normalized spacial score (nSPS) is 18.8. The Bertz CT molecular complexity index is 657. The molecule has 0 aromatic carbocycles. The predicted octanol–water partition coefficient (Wildman–Crippen LogP) is 2.35. The molecule has 0 radical (unpaired) electrons. The Hall–Kier alpha value is -1.80. The number of carbonyl (C=O) groups excluding carboxylic acids is 1. The zero-order chi connectivity index (χ0) is 16.9. The molecule has 130 valence electrons. The van der Waals surface area contributed by atoms with Crippen molar-refractivity contribution in [3.8, 4) is 0 Å². The molecule has 1 fully saturated rings.